The van der Waals surface area contributed by atoms with E-state index in [0.29, 0.717) is 46.3 Å². The van der Waals surface area contributed by atoms with E-state index in [-0.39, 0.29) is 11.5 Å². The van der Waals surface area contributed by atoms with Gasteiger partial charge in [-0.2, -0.15) is 15.6 Å². The summed E-state index contributed by atoms with van der Waals surface area (Å²) >= 11 is 3.64. The fraction of sp³-hybridized carbons (Fsp3) is 0.318. The summed E-state index contributed by atoms with van der Waals surface area (Å²) in [7, 11) is 3.21. The highest BCUT2D eigenvalue weighted by Gasteiger charge is 2.35. The number of hydrogen-bond acceptors (Lipinski definition) is 6. The molecule has 9 heteroatoms. The molecule has 3 aromatic rings. The van der Waals surface area contributed by atoms with Gasteiger partial charge >= 0.3 is 0 Å². The minimum Gasteiger partial charge on any atom is -0.492 e. The van der Waals surface area contributed by atoms with Gasteiger partial charge in [-0.1, -0.05) is 0 Å². The molecule has 4 rings (SSSR count). The number of hydrogen-bond donors (Lipinski definition) is 0. The number of nitrogens with zero attached hydrogens (tertiary/aromatic N) is 4. The molecule has 2 aromatic carbocycles. The van der Waals surface area contributed by atoms with E-state index in [1.54, 1.807) is 37.1 Å². The Bertz CT molecular complexity index is 1170. The van der Waals surface area contributed by atoms with E-state index in [4.69, 9.17) is 19.5 Å². The van der Waals surface area contributed by atoms with Crippen molar-refractivity contribution in [2.75, 3.05) is 20.8 Å². The number of fused-ring (bicyclic) bond motifs is 2. The summed E-state index contributed by atoms with van der Waals surface area (Å²) in [5.74, 6) is -0.471. The van der Waals surface area contributed by atoms with Gasteiger partial charge in [0.1, 0.15) is 17.6 Å². The van der Waals surface area contributed by atoms with Crippen LogP contribution in [-0.4, -0.2) is 36.4 Å². The van der Waals surface area contributed by atoms with Gasteiger partial charge in [0.2, 0.25) is 0 Å². The lowest BCUT2D eigenvalue weighted by Crippen LogP contribution is -2.36. The van der Waals surface area contributed by atoms with Crippen LogP contribution in [-0.2, 0) is 15.9 Å². The number of rotatable bonds is 3. The lowest BCUT2D eigenvalue weighted by atomic mass is 10.0. The zero-order valence-electron chi connectivity index (χ0n) is 17.3. The van der Waals surface area contributed by atoms with E-state index >= 15 is 0 Å². The van der Waals surface area contributed by atoms with Crippen molar-refractivity contribution in [3.05, 3.63) is 51.9 Å². The van der Waals surface area contributed by atoms with Crippen molar-refractivity contribution in [2.45, 2.75) is 25.6 Å². The Balaban J connectivity index is 0.000000858. The van der Waals surface area contributed by atoms with Crippen LogP contribution in [0, 0.1) is 28.5 Å². The topological polar surface area (TPSA) is 93.1 Å². The maximum atomic E-state index is 13.3. The third kappa shape index (κ3) is 4.26. The van der Waals surface area contributed by atoms with Crippen molar-refractivity contribution in [1.29, 1.82) is 10.5 Å². The van der Waals surface area contributed by atoms with Crippen molar-refractivity contribution < 1.29 is 18.6 Å². The number of halogens is 2. The van der Waals surface area contributed by atoms with Crippen molar-refractivity contribution in [3.8, 4) is 23.6 Å². The number of nitriles is 2. The van der Waals surface area contributed by atoms with Crippen LogP contribution < -0.4 is 4.74 Å². The predicted octanol–water partition coefficient (Wildman–Crippen LogP) is 4.64. The van der Waals surface area contributed by atoms with Gasteiger partial charge in [-0.3, -0.25) is 0 Å². The number of aromatic nitrogens is 2. The van der Waals surface area contributed by atoms with E-state index in [0.717, 1.165) is 5.56 Å². The third-order valence-corrected chi connectivity index (χ3v) is 5.79. The average Bonchev–Trinajstić information content (AvgIpc) is 3.03. The van der Waals surface area contributed by atoms with Gasteiger partial charge in [0.15, 0.2) is 11.5 Å². The second kappa shape index (κ2) is 9.44. The first-order valence-corrected chi connectivity index (χ1v) is 10.2. The summed E-state index contributed by atoms with van der Waals surface area (Å²) in [6, 6.07) is 11.7. The lowest BCUT2D eigenvalue weighted by molar-refractivity contribution is -0.210. The summed E-state index contributed by atoms with van der Waals surface area (Å²) in [5.41, 5.74) is 2.46. The van der Waals surface area contributed by atoms with Gasteiger partial charge in [0, 0.05) is 44.9 Å². The highest BCUT2D eigenvalue weighted by Crippen LogP contribution is 2.42. The van der Waals surface area contributed by atoms with Crippen molar-refractivity contribution in [1.82, 2.24) is 9.78 Å². The third-order valence-electron chi connectivity index (χ3n) is 5.05. The van der Waals surface area contributed by atoms with E-state index in [9.17, 15) is 9.65 Å². The molecule has 7 nitrogen and oxygen atoms in total. The Labute approximate surface area is 187 Å². The Morgan fingerprint density at radius 2 is 1.87 bits per heavy atom. The summed E-state index contributed by atoms with van der Waals surface area (Å²) in [6.45, 7) is 1.84. The van der Waals surface area contributed by atoms with Crippen LogP contribution in [0.25, 0.3) is 16.6 Å². The number of methoxy groups -OCH3 is 2. The molecule has 0 aliphatic carbocycles. The molecule has 1 aromatic heterocycles. The highest BCUT2D eigenvalue weighted by atomic mass is 79.9. The number of benzene rings is 2. The van der Waals surface area contributed by atoms with Crippen LogP contribution in [0.1, 0.15) is 24.6 Å². The lowest BCUT2D eigenvalue weighted by Gasteiger charge is -2.28. The molecule has 0 atom stereocenters. The molecule has 0 radical (unpaired) electrons. The summed E-state index contributed by atoms with van der Waals surface area (Å²) in [4.78, 5) is 0. The molecule has 0 unspecified atom stereocenters. The largest absolute Gasteiger partial charge is 0.492 e. The first kappa shape index (κ1) is 22.7. The average molecular weight is 487 g/mol. The molecular formula is C22H20BrFN4O3. The monoisotopic (exact) mass is 486 g/mol. The molecule has 0 bridgehead atoms. The highest BCUT2D eigenvalue weighted by molar-refractivity contribution is 9.10. The maximum absolute atomic E-state index is 13.3. The fourth-order valence-corrected chi connectivity index (χ4v) is 4.28. The second-order valence-corrected chi connectivity index (χ2v) is 7.53. The van der Waals surface area contributed by atoms with Crippen molar-refractivity contribution >= 4 is 26.8 Å². The SMILES string of the molecule is CC#N.COC1(OC)CCOc2c(cc3c(C#N)nn(-c4ccc(F)cc4)c3c2Br)C1. The molecule has 0 spiro atoms. The second-order valence-electron chi connectivity index (χ2n) is 6.74. The van der Waals surface area contributed by atoms with Crippen LogP contribution in [0.3, 0.4) is 0 Å². The van der Waals surface area contributed by atoms with Gasteiger partial charge in [0.05, 0.1) is 28.4 Å². The van der Waals surface area contributed by atoms with Gasteiger partial charge in [-0.05, 0) is 46.3 Å². The Kier molecular flexibility index (Phi) is 6.91. The van der Waals surface area contributed by atoms with Crippen molar-refractivity contribution in [2.24, 2.45) is 0 Å². The van der Waals surface area contributed by atoms with Crippen LogP contribution in [0.15, 0.2) is 34.8 Å². The first-order valence-electron chi connectivity index (χ1n) is 9.37. The molecule has 0 N–H and O–H groups in total. The van der Waals surface area contributed by atoms with Crippen LogP contribution in [0.2, 0.25) is 0 Å². The Morgan fingerprint density at radius 3 is 2.45 bits per heavy atom. The summed E-state index contributed by atoms with van der Waals surface area (Å²) < 4.78 is 32.9. The minimum absolute atomic E-state index is 0.271. The maximum Gasteiger partial charge on any atom is 0.174 e. The quantitative estimate of drug-likeness (QED) is 0.500. The Morgan fingerprint density at radius 1 is 1.23 bits per heavy atom. The molecule has 0 saturated carbocycles. The van der Waals surface area contributed by atoms with Gasteiger partial charge in [-0.25, -0.2) is 9.07 Å². The summed E-state index contributed by atoms with van der Waals surface area (Å²) in [6.07, 6.45) is 1.03. The standard InChI is InChI=1S/C20H17BrFN3O3.C2H3N/c1-26-20(27-2)7-8-28-19-12(10-20)9-15-16(11-23)24-25(18(15)17(19)21)14-5-3-13(22)4-6-14;1-2-3/h3-6,9H,7-8,10H2,1-2H3;1H3. The fourth-order valence-electron chi connectivity index (χ4n) is 3.52. The van der Waals surface area contributed by atoms with E-state index in [2.05, 4.69) is 27.1 Å². The molecule has 0 fully saturated rings. The van der Waals surface area contributed by atoms with Crippen LogP contribution in [0.5, 0.6) is 5.75 Å². The Hall–Kier alpha value is -2.98. The molecule has 31 heavy (non-hydrogen) atoms. The summed E-state index contributed by atoms with van der Waals surface area (Å²) in [5, 5.41) is 22.0. The zero-order chi connectivity index (χ0) is 22.6. The molecule has 1 aliphatic rings. The van der Waals surface area contributed by atoms with Gasteiger partial charge in [0.25, 0.3) is 0 Å². The number of ether oxygens (including phenoxy) is 3. The zero-order valence-corrected chi connectivity index (χ0v) is 18.9. The van der Waals surface area contributed by atoms with Crippen molar-refractivity contribution in [3.63, 3.8) is 0 Å². The van der Waals surface area contributed by atoms with Gasteiger partial charge in [-0.15, -0.1) is 0 Å². The van der Waals surface area contributed by atoms with E-state index in [1.807, 2.05) is 6.07 Å². The van der Waals surface area contributed by atoms with Crippen LogP contribution >= 0.6 is 15.9 Å². The van der Waals surface area contributed by atoms with E-state index in [1.165, 1.54) is 19.1 Å². The molecule has 1 aliphatic heterocycles. The molecule has 0 saturated heterocycles. The first-order chi connectivity index (χ1) is 14.9. The normalized spacial score (nSPS) is 14.3. The smallest absolute Gasteiger partial charge is 0.174 e. The molecule has 160 valence electrons. The predicted molar refractivity (Wildman–Crippen MR) is 115 cm³/mol. The minimum atomic E-state index is -0.794. The molecule has 2 heterocycles. The molecular weight excluding hydrogens is 467 g/mol. The van der Waals surface area contributed by atoms with Gasteiger partial charge < -0.3 is 14.2 Å². The van der Waals surface area contributed by atoms with E-state index < -0.39 is 5.79 Å². The molecule has 0 amide bonds. The van der Waals surface area contributed by atoms with Crippen LogP contribution in [0.4, 0.5) is 4.39 Å².